The van der Waals surface area contributed by atoms with E-state index in [1.807, 2.05) is 43.0 Å². The van der Waals surface area contributed by atoms with Crippen molar-refractivity contribution < 1.29 is 14.3 Å². The van der Waals surface area contributed by atoms with Gasteiger partial charge in [-0.15, -0.1) is 0 Å². The Labute approximate surface area is 131 Å². The van der Waals surface area contributed by atoms with Gasteiger partial charge in [-0.3, -0.25) is 9.59 Å². The predicted octanol–water partition coefficient (Wildman–Crippen LogP) is 1.71. The summed E-state index contributed by atoms with van der Waals surface area (Å²) in [6.45, 7) is 5.47. The highest BCUT2D eigenvalue weighted by Gasteiger charge is 2.27. The third kappa shape index (κ3) is 4.00. The van der Waals surface area contributed by atoms with Crippen molar-refractivity contribution in [3.8, 4) is 5.75 Å². The number of amides is 2. The first kappa shape index (κ1) is 16.3. The number of hydrogen-bond donors (Lipinski definition) is 0. The molecule has 1 aromatic rings. The normalized spacial score (nSPS) is 15.4. The Bertz CT molecular complexity index is 525. The molecule has 1 heterocycles. The maximum absolute atomic E-state index is 12.2. The van der Waals surface area contributed by atoms with Gasteiger partial charge in [0.15, 0.2) is 0 Å². The molecular formula is C17H24N2O3. The lowest BCUT2D eigenvalue weighted by molar-refractivity contribution is -0.146. The van der Waals surface area contributed by atoms with Crippen LogP contribution in [0, 0.1) is 0 Å². The van der Waals surface area contributed by atoms with Crippen LogP contribution in [0.5, 0.6) is 5.75 Å². The summed E-state index contributed by atoms with van der Waals surface area (Å²) in [4.78, 5) is 27.8. The average Bonchev–Trinajstić information content (AvgIpc) is 2.52. The number of benzene rings is 1. The molecule has 22 heavy (non-hydrogen) atoms. The molecule has 2 amide bonds. The molecule has 0 aromatic heterocycles. The first-order chi connectivity index (χ1) is 10.5. The van der Waals surface area contributed by atoms with Gasteiger partial charge >= 0.3 is 0 Å². The van der Waals surface area contributed by atoms with Gasteiger partial charge in [0.2, 0.25) is 11.8 Å². The molecule has 0 atom stereocenters. The van der Waals surface area contributed by atoms with Crippen molar-refractivity contribution in [2.45, 2.75) is 32.7 Å². The first-order valence-electron chi connectivity index (χ1n) is 7.71. The molecule has 2 rings (SSSR count). The molecule has 1 aliphatic rings. The summed E-state index contributed by atoms with van der Waals surface area (Å²) in [6.07, 6.45) is 1.11. The van der Waals surface area contributed by atoms with Gasteiger partial charge in [-0.05, 0) is 38.0 Å². The van der Waals surface area contributed by atoms with Crippen molar-refractivity contribution in [1.82, 2.24) is 9.80 Å². The highest BCUT2D eigenvalue weighted by molar-refractivity contribution is 5.86. The van der Waals surface area contributed by atoms with Crippen molar-refractivity contribution in [2.24, 2.45) is 0 Å². The lowest BCUT2D eigenvalue weighted by atomic mass is 10.1. The number of hydrogen-bond acceptors (Lipinski definition) is 3. The highest BCUT2D eigenvalue weighted by Crippen LogP contribution is 2.14. The van der Waals surface area contributed by atoms with Crippen LogP contribution in [0.25, 0.3) is 0 Å². The Morgan fingerprint density at radius 3 is 2.45 bits per heavy atom. The van der Waals surface area contributed by atoms with E-state index >= 15 is 0 Å². The maximum atomic E-state index is 12.2. The number of piperazine rings is 1. The van der Waals surface area contributed by atoms with E-state index in [0.29, 0.717) is 25.9 Å². The second-order valence-corrected chi connectivity index (χ2v) is 5.84. The summed E-state index contributed by atoms with van der Waals surface area (Å²) in [7, 11) is 1.63. The minimum absolute atomic E-state index is 0.0408. The standard InChI is InChI=1S/C17H24N2O3/c1-13(2)19-11-10-18(12-17(19)21)16(20)9-6-14-4-7-15(22-3)8-5-14/h4-5,7-8,13H,6,9-12H2,1-3H3. The number of carbonyl (C=O) groups excluding carboxylic acids is 2. The van der Waals surface area contributed by atoms with Crippen molar-refractivity contribution in [2.75, 3.05) is 26.7 Å². The van der Waals surface area contributed by atoms with Gasteiger partial charge in [0.1, 0.15) is 5.75 Å². The zero-order valence-electron chi connectivity index (χ0n) is 13.5. The second-order valence-electron chi connectivity index (χ2n) is 5.84. The Morgan fingerprint density at radius 1 is 1.23 bits per heavy atom. The van der Waals surface area contributed by atoms with E-state index < -0.39 is 0 Å². The molecule has 5 heteroatoms. The van der Waals surface area contributed by atoms with E-state index in [1.54, 1.807) is 12.0 Å². The molecule has 120 valence electrons. The molecule has 5 nitrogen and oxygen atoms in total. The topological polar surface area (TPSA) is 49.9 Å². The van der Waals surface area contributed by atoms with Crippen LogP contribution in [0.3, 0.4) is 0 Å². The molecule has 1 fully saturated rings. The third-order valence-corrected chi connectivity index (χ3v) is 4.02. The van der Waals surface area contributed by atoms with Gasteiger partial charge < -0.3 is 14.5 Å². The number of carbonyl (C=O) groups is 2. The fourth-order valence-electron chi connectivity index (χ4n) is 2.65. The van der Waals surface area contributed by atoms with Crippen molar-refractivity contribution >= 4 is 11.8 Å². The van der Waals surface area contributed by atoms with Crippen LogP contribution in [0.15, 0.2) is 24.3 Å². The molecular weight excluding hydrogens is 280 g/mol. The summed E-state index contributed by atoms with van der Waals surface area (Å²) in [5.41, 5.74) is 1.10. The summed E-state index contributed by atoms with van der Waals surface area (Å²) in [5, 5.41) is 0. The van der Waals surface area contributed by atoms with Gasteiger partial charge in [-0.1, -0.05) is 12.1 Å². The van der Waals surface area contributed by atoms with E-state index in [1.165, 1.54) is 0 Å². The van der Waals surface area contributed by atoms with Gasteiger partial charge in [-0.25, -0.2) is 0 Å². The van der Waals surface area contributed by atoms with E-state index in [2.05, 4.69) is 0 Å². The van der Waals surface area contributed by atoms with E-state index in [-0.39, 0.29) is 24.4 Å². The smallest absolute Gasteiger partial charge is 0.242 e. The van der Waals surface area contributed by atoms with Crippen LogP contribution in [-0.4, -0.2) is 54.4 Å². The lowest BCUT2D eigenvalue weighted by Crippen LogP contribution is -2.54. The third-order valence-electron chi connectivity index (χ3n) is 4.02. The van der Waals surface area contributed by atoms with Crippen LogP contribution < -0.4 is 4.74 Å². The van der Waals surface area contributed by atoms with Crippen LogP contribution in [0.4, 0.5) is 0 Å². The monoisotopic (exact) mass is 304 g/mol. The van der Waals surface area contributed by atoms with Gasteiger partial charge in [0.25, 0.3) is 0 Å². The molecule has 0 unspecified atom stereocenters. The summed E-state index contributed by atoms with van der Waals surface area (Å²) in [5.74, 6) is 0.900. The molecule has 1 aliphatic heterocycles. The largest absolute Gasteiger partial charge is 0.497 e. The zero-order valence-corrected chi connectivity index (χ0v) is 13.5. The number of rotatable bonds is 5. The van der Waals surface area contributed by atoms with E-state index in [4.69, 9.17) is 4.74 Å². The van der Waals surface area contributed by atoms with Crippen LogP contribution >= 0.6 is 0 Å². The van der Waals surface area contributed by atoms with E-state index in [9.17, 15) is 9.59 Å². The lowest BCUT2D eigenvalue weighted by Gasteiger charge is -2.36. The Hall–Kier alpha value is -2.04. The summed E-state index contributed by atoms with van der Waals surface area (Å²) >= 11 is 0. The number of methoxy groups -OCH3 is 1. The number of aryl methyl sites for hydroxylation is 1. The predicted molar refractivity (Wildman–Crippen MR) is 84.7 cm³/mol. The summed E-state index contributed by atoms with van der Waals surface area (Å²) < 4.78 is 5.11. The average molecular weight is 304 g/mol. The SMILES string of the molecule is COc1ccc(CCC(=O)N2CCN(C(C)C)C(=O)C2)cc1. The minimum Gasteiger partial charge on any atom is -0.497 e. The Morgan fingerprint density at radius 2 is 1.91 bits per heavy atom. The molecule has 0 radical (unpaired) electrons. The molecule has 0 spiro atoms. The second kappa shape index (κ2) is 7.29. The van der Waals surface area contributed by atoms with Gasteiger partial charge in [0, 0.05) is 25.6 Å². The van der Waals surface area contributed by atoms with Crippen LogP contribution in [0.1, 0.15) is 25.8 Å². The quantitative estimate of drug-likeness (QED) is 0.832. The maximum Gasteiger partial charge on any atom is 0.242 e. The first-order valence-corrected chi connectivity index (χ1v) is 7.71. The van der Waals surface area contributed by atoms with Gasteiger partial charge in [0.05, 0.1) is 13.7 Å². The molecule has 1 saturated heterocycles. The van der Waals surface area contributed by atoms with E-state index in [0.717, 1.165) is 11.3 Å². The van der Waals surface area contributed by atoms with Crippen LogP contribution in [0.2, 0.25) is 0 Å². The number of ether oxygens (including phenoxy) is 1. The van der Waals surface area contributed by atoms with Gasteiger partial charge in [-0.2, -0.15) is 0 Å². The summed E-state index contributed by atoms with van der Waals surface area (Å²) in [6, 6.07) is 7.92. The number of nitrogens with zero attached hydrogens (tertiary/aromatic N) is 2. The molecule has 1 aromatic carbocycles. The molecule has 0 aliphatic carbocycles. The van der Waals surface area contributed by atoms with Crippen molar-refractivity contribution in [3.63, 3.8) is 0 Å². The molecule has 0 saturated carbocycles. The fraction of sp³-hybridized carbons (Fsp3) is 0.529. The fourth-order valence-corrected chi connectivity index (χ4v) is 2.65. The molecule has 0 bridgehead atoms. The zero-order chi connectivity index (χ0) is 16.1. The van der Waals surface area contributed by atoms with Crippen molar-refractivity contribution in [1.29, 1.82) is 0 Å². The Kier molecular flexibility index (Phi) is 5.41. The highest BCUT2D eigenvalue weighted by atomic mass is 16.5. The van der Waals surface area contributed by atoms with Crippen LogP contribution in [-0.2, 0) is 16.0 Å². The molecule has 0 N–H and O–H groups in total. The van der Waals surface area contributed by atoms with Crippen molar-refractivity contribution in [3.05, 3.63) is 29.8 Å². The minimum atomic E-state index is 0.0408. The Balaban J connectivity index is 1.83.